The standard InChI is InChI=1S/C12H10BrNO2/c1-7-5-11-9(6-10(7)13)8(3-4-14-11)12(15)16-2/h3-6H,1-2H3. The molecule has 1 heterocycles. The summed E-state index contributed by atoms with van der Waals surface area (Å²) >= 11 is 3.44. The minimum atomic E-state index is -0.344. The first-order valence-corrected chi connectivity index (χ1v) is 5.56. The number of fused-ring (bicyclic) bond motifs is 1. The average molecular weight is 280 g/mol. The summed E-state index contributed by atoms with van der Waals surface area (Å²) in [5.41, 5.74) is 2.42. The number of aryl methyl sites for hydroxylation is 1. The minimum Gasteiger partial charge on any atom is -0.465 e. The van der Waals surface area contributed by atoms with E-state index in [1.54, 1.807) is 12.3 Å². The van der Waals surface area contributed by atoms with Crippen LogP contribution in [0, 0.1) is 6.92 Å². The van der Waals surface area contributed by atoms with Crippen LogP contribution in [0.15, 0.2) is 28.9 Å². The Kier molecular flexibility index (Phi) is 2.92. The molecule has 0 amide bonds. The van der Waals surface area contributed by atoms with Crippen LogP contribution in [-0.4, -0.2) is 18.1 Å². The molecule has 0 aliphatic rings. The highest BCUT2D eigenvalue weighted by atomic mass is 79.9. The van der Waals surface area contributed by atoms with Gasteiger partial charge in [-0.2, -0.15) is 0 Å². The van der Waals surface area contributed by atoms with E-state index in [1.165, 1.54) is 7.11 Å². The van der Waals surface area contributed by atoms with E-state index in [0.29, 0.717) is 5.56 Å². The van der Waals surface area contributed by atoms with Gasteiger partial charge in [0.25, 0.3) is 0 Å². The summed E-state index contributed by atoms with van der Waals surface area (Å²) in [5, 5.41) is 0.798. The highest BCUT2D eigenvalue weighted by molar-refractivity contribution is 9.10. The Morgan fingerprint density at radius 3 is 2.88 bits per heavy atom. The van der Waals surface area contributed by atoms with Crippen molar-refractivity contribution < 1.29 is 9.53 Å². The van der Waals surface area contributed by atoms with Crippen molar-refractivity contribution in [3.8, 4) is 0 Å². The number of hydrogen-bond donors (Lipinski definition) is 0. The Hall–Kier alpha value is -1.42. The first kappa shape index (κ1) is 11.1. The largest absolute Gasteiger partial charge is 0.465 e. The maximum Gasteiger partial charge on any atom is 0.338 e. The first-order chi connectivity index (χ1) is 7.63. The van der Waals surface area contributed by atoms with Crippen LogP contribution < -0.4 is 0 Å². The molecule has 16 heavy (non-hydrogen) atoms. The smallest absolute Gasteiger partial charge is 0.338 e. The van der Waals surface area contributed by atoms with E-state index in [9.17, 15) is 4.79 Å². The molecule has 0 atom stereocenters. The Labute approximate surface area is 102 Å². The van der Waals surface area contributed by atoms with Crippen LogP contribution in [-0.2, 0) is 4.74 Å². The van der Waals surface area contributed by atoms with Crippen molar-refractivity contribution in [3.63, 3.8) is 0 Å². The normalized spacial score (nSPS) is 10.4. The van der Waals surface area contributed by atoms with Gasteiger partial charge in [-0.25, -0.2) is 4.79 Å². The molecule has 0 spiro atoms. The lowest BCUT2D eigenvalue weighted by atomic mass is 10.1. The number of pyridine rings is 1. The summed E-state index contributed by atoms with van der Waals surface area (Å²) in [5.74, 6) is -0.344. The molecular formula is C12H10BrNO2. The van der Waals surface area contributed by atoms with Gasteiger partial charge in [-0.3, -0.25) is 4.98 Å². The summed E-state index contributed by atoms with van der Waals surface area (Å²) in [6.45, 7) is 1.98. The van der Waals surface area contributed by atoms with E-state index in [1.807, 2.05) is 19.1 Å². The van der Waals surface area contributed by atoms with Gasteiger partial charge in [0, 0.05) is 16.1 Å². The number of methoxy groups -OCH3 is 1. The highest BCUT2D eigenvalue weighted by Crippen LogP contribution is 2.25. The molecule has 0 bridgehead atoms. The van der Waals surface area contributed by atoms with E-state index in [4.69, 9.17) is 4.74 Å². The van der Waals surface area contributed by atoms with Gasteiger partial charge in [0.05, 0.1) is 18.2 Å². The SMILES string of the molecule is COC(=O)c1ccnc2cc(C)c(Br)cc12. The van der Waals surface area contributed by atoms with Crippen LogP contribution in [0.2, 0.25) is 0 Å². The average Bonchev–Trinajstić information content (AvgIpc) is 2.29. The molecule has 4 heteroatoms. The van der Waals surface area contributed by atoms with E-state index < -0.39 is 0 Å². The van der Waals surface area contributed by atoms with Crippen LogP contribution >= 0.6 is 15.9 Å². The topological polar surface area (TPSA) is 39.2 Å². The Balaban J connectivity index is 2.77. The van der Waals surface area contributed by atoms with Crippen molar-refractivity contribution in [1.82, 2.24) is 4.98 Å². The molecular weight excluding hydrogens is 270 g/mol. The van der Waals surface area contributed by atoms with Crippen LogP contribution in [0.4, 0.5) is 0 Å². The van der Waals surface area contributed by atoms with E-state index >= 15 is 0 Å². The number of rotatable bonds is 1. The maximum absolute atomic E-state index is 11.6. The molecule has 0 aliphatic heterocycles. The van der Waals surface area contributed by atoms with Gasteiger partial charge in [-0.1, -0.05) is 15.9 Å². The lowest BCUT2D eigenvalue weighted by Crippen LogP contribution is -2.02. The van der Waals surface area contributed by atoms with Gasteiger partial charge in [0.1, 0.15) is 0 Å². The molecule has 0 radical (unpaired) electrons. The van der Waals surface area contributed by atoms with Gasteiger partial charge in [0.2, 0.25) is 0 Å². The fourth-order valence-electron chi connectivity index (χ4n) is 1.56. The van der Waals surface area contributed by atoms with Crippen LogP contribution in [0.3, 0.4) is 0 Å². The lowest BCUT2D eigenvalue weighted by Gasteiger charge is -2.06. The maximum atomic E-state index is 11.6. The molecule has 0 saturated carbocycles. The van der Waals surface area contributed by atoms with Gasteiger partial charge in [0.15, 0.2) is 0 Å². The highest BCUT2D eigenvalue weighted by Gasteiger charge is 2.11. The number of carbonyl (C=O) groups is 1. The van der Waals surface area contributed by atoms with Crippen LogP contribution in [0.1, 0.15) is 15.9 Å². The number of aromatic nitrogens is 1. The number of esters is 1. The summed E-state index contributed by atoms with van der Waals surface area (Å²) < 4.78 is 5.69. The van der Waals surface area contributed by atoms with Crippen LogP contribution in [0.5, 0.6) is 0 Å². The molecule has 3 nitrogen and oxygen atoms in total. The first-order valence-electron chi connectivity index (χ1n) is 4.76. The Bertz CT molecular complexity index is 566. The van der Waals surface area contributed by atoms with Crippen molar-refractivity contribution in [2.75, 3.05) is 7.11 Å². The third-order valence-corrected chi connectivity index (χ3v) is 3.28. The number of carbonyl (C=O) groups excluding carboxylic acids is 1. The van der Waals surface area contributed by atoms with Crippen molar-refractivity contribution in [3.05, 3.63) is 40.0 Å². The molecule has 0 saturated heterocycles. The summed E-state index contributed by atoms with van der Waals surface area (Å²) in [7, 11) is 1.37. The molecule has 0 unspecified atom stereocenters. The number of benzene rings is 1. The summed E-state index contributed by atoms with van der Waals surface area (Å²) in [4.78, 5) is 15.8. The summed E-state index contributed by atoms with van der Waals surface area (Å²) in [6, 6.07) is 5.49. The van der Waals surface area contributed by atoms with E-state index in [0.717, 1.165) is 20.9 Å². The zero-order valence-corrected chi connectivity index (χ0v) is 10.5. The second-order valence-corrected chi connectivity index (χ2v) is 4.32. The second-order valence-electron chi connectivity index (χ2n) is 3.47. The van der Waals surface area contributed by atoms with Gasteiger partial charge < -0.3 is 4.74 Å². The molecule has 2 aromatic rings. The predicted molar refractivity (Wildman–Crippen MR) is 65.5 cm³/mol. The Morgan fingerprint density at radius 1 is 1.44 bits per heavy atom. The quantitative estimate of drug-likeness (QED) is 0.753. The zero-order chi connectivity index (χ0) is 11.7. The molecule has 82 valence electrons. The van der Waals surface area contributed by atoms with Gasteiger partial charge >= 0.3 is 5.97 Å². The zero-order valence-electron chi connectivity index (χ0n) is 8.95. The van der Waals surface area contributed by atoms with E-state index in [2.05, 4.69) is 20.9 Å². The predicted octanol–water partition coefficient (Wildman–Crippen LogP) is 3.09. The molecule has 1 aromatic carbocycles. The van der Waals surface area contributed by atoms with Crippen molar-refractivity contribution >= 4 is 32.8 Å². The van der Waals surface area contributed by atoms with Gasteiger partial charge in [-0.15, -0.1) is 0 Å². The van der Waals surface area contributed by atoms with Crippen molar-refractivity contribution in [2.24, 2.45) is 0 Å². The number of nitrogens with zero attached hydrogens (tertiary/aromatic N) is 1. The second kappa shape index (κ2) is 4.22. The third-order valence-electron chi connectivity index (χ3n) is 2.43. The number of ether oxygens (including phenoxy) is 1. The fourth-order valence-corrected chi connectivity index (χ4v) is 1.90. The molecule has 1 aromatic heterocycles. The van der Waals surface area contributed by atoms with Gasteiger partial charge in [-0.05, 0) is 30.7 Å². The monoisotopic (exact) mass is 279 g/mol. The third kappa shape index (κ3) is 1.80. The summed E-state index contributed by atoms with van der Waals surface area (Å²) in [6.07, 6.45) is 1.61. The van der Waals surface area contributed by atoms with Crippen molar-refractivity contribution in [1.29, 1.82) is 0 Å². The van der Waals surface area contributed by atoms with Crippen molar-refractivity contribution in [2.45, 2.75) is 6.92 Å². The molecule has 2 rings (SSSR count). The van der Waals surface area contributed by atoms with E-state index in [-0.39, 0.29) is 5.97 Å². The Morgan fingerprint density at radius 2 is 2.19 bits per heavy atom. The molecule has 0 aliphatic carbocycles. The minimum absolute atomic E-state index is 0.344. The lowest BCUT2D eigenvalue weighted by molar-refractivity contribution is 0.0603. The van der Waals surface area contributed by atoms with Crippen LogP contribution in [0.25, 0.3) is 10.9 Å². The number of halogens is 1. The fraction of sp³-hybridized carbons (Fsp3) is 0.167. The molecule has 0 fully saturated rings. The molecule has 0 N–H and O–H groups in total. The number of hydrogen-bond acceptors (Lipinski definition) is 3.